The van der Waals surface area contributed by atoms with E-state index in [0.29, 0.717) is 42.0 Å². The molecule has 2 aromatic carbocycles. The maximum atomic E-state index is 12.9. The number of urea groups is 1. The summed E-state index contributed by atoms with van der Waals surface area (Å²) < 4.78 is 7.51. The lowest BCUT2D eigenvalue weighted by atomic mass is 10.2. The number of rotatable bonds is 4. The van der Waals surface area contributed by atoms with Crippen molar-refractivity contribution >= 4 is 39.6 Å². The first-order valence-corrected chi connectivity index (χ1v) is 11.2. The number of benzene rings is 2. The molecule has 0 bridgehead atoms. The second kappa shape index (κ2) is 8.20. The van der Waals surface area contributed by atoms with Crippen LogP contribution in [-0.2, 0) is 13.0 Å². The molecule has 0 unspecified atom stereocenters. The van der Waals surface area contributed by atoms with E-state index < -0.39 is 0 Å². The fraction of sp³-hybridized carbons (Fsp3) is 0.227. The maximum Gasteiger partial charge on any atom is 0.322 e. The summed E-state index contributed by atoms with van der Waals surface area (Å²) in [7, 11) is 0. The third-order valence-electron chi connectivity index (χ3n) is 5.14. The van der Waals surface area contributed by atoms with Gasteiger partial charge in [0.05, 0.1) is 24.5 Å². The van der Waals surface area contributed by atoms with Crippen molar-refractivity contribution < 1.29 is 9.53 Å². The van der Waals surface area contributed by atoms with Gasteiger partial charge in [0.2, 0.25) is 4.96 Å². The van der Waals surface area contributed by atoms with Crippen molar-refractivity contribution in [3.63, 3.8) is 0 Å². The van der Waals surface area contributed by atoms with Gasteiger partial charge in [-0.25, -0.2) is 9.31 Å². The Morgan fingerprint density at radius 1 is 1.23 bits per heavy atom. The minimum atomic E-state index is -0.140. The molecule has 1 aliphatic rings. The number of thiazole rings is 1. The summed E-state index contributed by atoms with van der Waals surface area (Å²) in [6, 6.07) is 14.8. The fourth-order valence-electron chi connectivity index (χ4n) is 3.63. The van der Waals surface area contributed by atoms with Gasteiger partial charge in [-0.2, -0.15) is 4.98 Å². The number of nitrogens with one attached hydrogen (secondary N) is 1. The van der Waals surface area contributed by atoms with E-state index in [4.69, 9.17) is 21.4 Å². The normalized spacial score (nSPS) is 13.3. The fourth-order valence-corrected chi connectivity index (χ4v) is 4.87. The quantitative estimate of drug-likeness (QED) is 0.466. The van der Waals surface area contributed by atoms with Crippen LogP contribution < -0.4 is 10.1 Å². The van der Waals surface area contributed by atoms with E-state index in [-0.39, 0.29) is 6.03 Å². The van der Waals surface area contributed by atoms with Crippen LogP contribution in [0.15, 0.2) is 48.5 Å². The van der Waals surface area contributed by atoms with Crippen molar-refractivity contribution in [2.75, 3.05) is 18.5 Å². The molecule has 4 aromatic rings. The van der Waals surface area contributed by atoms with Crippen molar-refractivity contribution in [2.24, 2.45) is 0 Å². The minimum Gasteiger partial charge on any atom is -0.492 e. The summed E-state index contributed by atoms with van der Waals surface area (Å²) in [5.74, 6) is 1.35. The van der Waals surface area contributed by atoms with Gasteiger partial charge in [0.25, 0.3) is 0 Å². The Labute approximate surface area is 188 Å². The van der Waals surface area contributed by atoms with E-state index in [1.807, 2.05) is 60.0 Å². The molecular formula is C22H20ClN5O2S. The first-order valence-electron chi connectivity index (χ1n) is 10.0. The molecule has 0 aliphatic carbocycles. The molecule has 0 radical (unpaired) electrons. The monoisotopic (exact) mass is 453 g/mol. The number of carbonyl (C=O) groups is 1. The lowest BCUT2D eigenvalue weighted by Crippen LogP contribution is -2.38. The number of aromatic nitrogens is 3. The first-order chi connectivity index (χ1) is 15.1. The Balaban J connectivity index is 1.34. The average Bonchev–Trinajstić information content (AvgIpc) is 3.33. The molecule has 1 aliphatic heterocycles. The van der Waals surface area contributed by atoms with E-state index in [2.05, 4.69) is 10.3 Å². The van der Waals surface area contributed by atoms with Crippen molar-refractivity contribution in [3.8, 4) is 17.1 Å². The highest BCUT2D eigenvalue weighted by molar-refractivity contribution is 7.17. The van der Waals surface area contributed by atoms with Crippen molar-refractivity contribution in [1.29, 1.82) is 0 Å². The summed E-state index contributed by atoms with van der Waals surface area (Å²) in [6.07, 6.45) is 0.722. The van der Waals surface area contributed by atoms with Crippen LogP contribution in [0.2, 0.25) is 5.02 Å². The second-order valence-corrected chi connectivity index (χ2v) is 8.64. The molecule has 0 saturated carbocycles. The molecule has 9 heteroatoms. The lowest BCUT2D eigenvalue weighted by Gasteiger charge is -2.27. The van der Waals surface area contributed by atoms with E-state index in [1.54, 1.807) is 16.2 Å². The Morgan fingerprint density at radius 3 is 2.84 bits per heavy atom. The smallest absolute Gasteiger partial charge is 0.322 e. The number of nitrogens with zero attached hydrogens (tertiary/aromatic N) is 4. The van der Waals surface area contributed by atoms with Gasteiger partial charge in [0.1, 0.15) is 5.75 Å². The second-order valence-electron chi connectivity index (χ2n) is 7.14. The van der Waals surface area contributed by atoms with E-state index >= 15 is 0 Å². The Kier molecular flexibility index (Phi) is 5.25. The number of ether oxygens (including phenoxy) is 1. The van der Waals surface area contributed by atoms with Crippen LogP contribution in [0.25, 0.3) is 16.3 Å². The number of amides is 2. The topological polar surface area (TPSA) is 71.8 Å². The molecule has 7 nitrogen and oxygen atoms in total. The van der Waals surface area contributed by atoms with Crippen LogP contribution in [0, 0.1) is 0 Å². The molecular weight excluding hydrogens is 434 g/mol. The third-order valence-corrected chi connectivity index (χ3v) is 6.45. The summed E-state index contributed by atoms with van der Waals surface area (Å²) in [5.41, 5.74) is 2.72. The zero-order valence-corrected chi connectivity index (χ0v) is 18.4. The first kappa shape index (κ1) is 19.8. The highest BCUT2D eigenvalue weighted by atomic mass is 35.5. The third kappa shape index (κ3) is 3.84. The molecule has 3 heterocycles. The predicted molar refractivity (Wildman–Crippen MR) is 122 cm³/mol. The Hall–Kier alpha value is -3.10. The average molecular weight is 454 g/mol. The molecule has 0 saturated heterocycles. The van der Waals surface area contributed by atoms with Crippen molar-refractivity contribution in [1.82, 2.24) is 19.5 Å². The van der Waals surface area contributed by atoms with Crippen LogP contribution >= 0.6 is 22.9 Å². The highest BCUT2D eigenvalue weighted by Crippen LogP contribution is 2.31. The SMILES string of the molecule is CCOc1ccccc1NC(=O)N1CCc2c(sc3nc(-c4ccc(Cl)cc4)nn23)C1. The van der Waals surface area contributed by atoms with Gasteiger partial charge in [-0.1, -0.05) is 35.1 Å². The number of carbonyl (C=O) groups excluding carboxylic acids is 1. The lowest BCUT2D eigenvalue weighted by molar-refractivity contribution is 0.206. The Bertz CT molecular complexity index is 1250. The van der Waals surface area contributed by atoms with E-state index in [1.165, 1.54) is 0 Å². The van der Waals surface area contributed by atoms with Gasteiger partial charge in [0, 0.05) is 28.4 Å². The number of halogens is 1. The largest absolute Gasteiger partial charge is 0.492 e. The maximum absolute atomic E-state index is 12.9. The molecule has 0 atom stereocenters. The van der Waals surface area contributed by atoms with Crippen molar-refractivity contribution in [2.45, 2.75) is 19.9 Å². The van der Waals surface area contributed by atoms with Crippen LogP contribution in [-0.4, -0.2) is 38.7 Å². The minimum absolute atomic E-state index is 0.140. The number of fused-ring (bicyclic) bond motifs is 3. The number of anilines is 1. The molecule has 2 amide bonds. The zero-order chi connectivity index (χ0) is 21.4. The van der Waals surface area contributed by atoms with Crippen LogP contribution in [0.4, 0.5) is 10.5 Å². The van der Waals surface area contributed by atoms with E-state index in [0.717, 1.165) is 27.5 Å². The van der Waals surface area contributed by atoms with Gasteiger partial charge in [-0.3, -0.25) is 0 Å². The van der Waals surface area contributed by atoms with E-state index in [9.17, 15) is 4.79 Å². The number of para-hydroxylation sites is 2. The number of hydrogen-bond donors (Lipinski definition) is 1. The summed E-state index contributed by atoms with van der Waals surface area (Å²) in [4.78, 5) is 21.3. The summed E-state index contributed by atoms with van der Waals surface area (Å²) in [6.45, 7) is 3.60. The molecule has 31 heavy (non-hydrogen) atoms. The number of hydrogen-bond acceptors (Lipinski definition) is 5. The van der Waals surface area contributed by atoms with Crippen LogP contribution in [0.5, 0.6) is 5.75 Å². The van der Waals surface area contributed by atoms with Gasteiger partial charge in [-0.05, 0) is 43.3 Å². The van der Waals surface area contributed by atoms with Gasteiger partial charge < -0.3 is 15.0 Å². The van der Waals surface area contributed by atoms with Gasteiger partial charge >= 0.3 is 6.03 Å². The Morgan fingerprint density at radius 2 is 2.03 bits per heavy atom. The van der Waals surface area contributed by atoms with Crippen LogP contribution in [0.1, 0.15) is 17.5 Å². The van der Waals surface area contributed by atoms with Gasteiger partial charge in [0.15, 0.2) is 5.82 Å². The van der Waals surface area contributed by atoms with Crippen LogP contribution in [0.3, 0.4) is 0 Å². The molecule has 0 spiro atoms. The predicted octanol–water partition coefficient (Wildman–Crippen LogP) is 5.10. The molecule has 0 fully saturated rings. The van der Waals surface area contributed by atoms with Gasteiger partial charge in [-0.15, -0.1) is 5.10 Å². The van der Waals surface area contributed by atoms with Crippen molar-refractivity contribution in [3.05, 3.63) is 64.1 Å². The highest BCUT2D eigenvalue weighted by Gasteiger charge is 2.26. The zero-order valence-electron chi connectivity index (χ0n) is 16.8. The standard InChI is InChI=1S/C22H20ClN5O2S/c1-2-30-18-6-4-3-5-16(18)24-21(29)27-12-11-17-19(13-27)31-22-25-20(26-28(17)22)14-7-9-15(23)10-8-14/h3-10H,2,11-13H2,1H3,(H,24,29). The summed E-state index contributed by atoms with van der Waals surface area (Å²) in [5, 5.41) is 8.35. The molecule has 1 N–H and O–H groups in total. The summed E-state index contributed by atoms with van der Waals surface area (Å²) >= 11 is 7.55. The molecule has 5 rings (SSSR count). The molecule has 2 aromatic heterocycles. The molecule has 158 valence electrons.